The molecule has 1 saturated carbocycles. The maximum absolute atomic E-state index is 12.2. The number of hydrogen-bond donors (Lipinski definition) is 2. The molecule has 2 aliphatic rings. The van der Waals surface area contributed by atoms with Gasteiger partial charge in [0.15, 0.2) is 11.0 Å². The third-order valence-electron chi connectivity index (χ3n) is 4.69. The number of carbonyl (C=O) groups is 3. The number of rotatable bonds is 5. The monoisotopic (exact) mass is 400 g/mol. The molecule has 8 heteroatoms. The number of benzene rings is 1. The first-order chi connectivity index (χ1) is 13.5. The third-order valence-corrected chi connectivity index (χ3v) is 5.76. The van der Waals surface area contributed by atoms with Crippen molar-refractivity contribution in [3.8, 4) is 0 Å². The molecule has 1 aliphatic heterocycles. The van der Waals surface area contributed by atoms with Gasteiger partial charge in [-0.25, -0.2) is 0 Å². The number of amides is 2. The molecular weight excluding hydrogens is 376 g/mol. The molecular formula is C20H24N4O3S. The average Bonchev–Trinajstić information content (AvgIpc) is 2.86. The first-order valence-corrected chi connectivity index (χ1v) is 10.4. The number of nitrogens with zero attached hydrogens (tertiary/aromatic N) is 2. The van der Waals surface area contributed by atoms with Crippen LogP contribution in [0.1, 0.15) is 62.2 Å². The Morgan fingerprint density at radius 1 is 1.11 bits per heavy atom. The largest absolute Gasteiger partial charge is 0.326 e. The van der Waals surface area contributed by atoms with E-state index < -0.39 is 5.25 Å². The molecule has 1 heterocycles. The number of nitrogens with one attached hydrogen (secondary N) is 2. The van der Waals surface area contributed by atoms with Gasteiger partial charge in [0.05, 0.1) is 0 Å². The van der Waals surface area contributed by atoms with Crippen LogP contribution in [0.25, 0.3) is 0 Å². The van der Waals surface area contributed by atoms with Crippen molar-refractivity contribution in [3.63, 3.8) is 0 Å². The van der Waals surface area contributed by atoms with Gasteiger partial charge >= 0.3 is 0 Å². The third kappa shape index (κ3) is 5.76. The summed E-state index contributed by atoms with van der Waals surface area (Å²) in [5.74, 6) is -0.525. The molecule has 0 radical (unpaired) electrons. The van der Waals surface area contributed by atoms with Gasteiger partial charge in [-0.15, -0.1) is 5.10 Å². The van der Waals surface area contributed by atoms with Gasteiger partial charge in [-0.1, -0.05) is 24.6 Å². The maximum atomic E-state index is 12.2. The molecule has 1 saturated heterocycles. The van der Waals surface area contributed by atoms with E-state index in [1.54, 1.807) is 24.3 Å². The summed E-state index contributed by atoms with van der Waals surface area (Å²) < 4.78 is 0. The van der Waals surface area contributed by atoms with Crippen molar-refractivity contribution in [2.75, 3.05) is 5.32 Å². The van der Waals surface area contributed by atoms with E-state index in [0.29, 0.717) is 16.4 Å². The van der Waals surface area contributed by atoms with Crippen LogP contribution in [0, 0.1) is 0 Å². The SMILES string of the molecule is CC(=O)c1ccc(NC(=O)C[C@@H]2S/C(=N/N=C3CCCCCC3)NC2=O)cc1. The van der Waals surface area contributed by atoms with E-state index in [2.05, 4.69) is 20.8 Å². The normalized spacial score (nSPS) is 21.2. The van der Waals surface area contributed by atoms with Crippen molar-refractivity contribution in [1.29, 1.82) is 0 Å². The minimum Gasteiger partial charge on any atom is -0.326 e. The molecule has 0 unspecified atom stereocenters. The predicted octanol–water partition coefficient (Wildman–Crippen LogP) is 3.52. The fourth-order valence-electron chi connectivity index (χ4n) is 3.11. The molecule has 0 bridgehead atoms. The minimum atomic E-state index is -0.524. The van der Waals surface area contributed by atoms with Crippen LogP contribution in [-0.2, 0) is 9.59 Å². The Balaban J connectivity index is 1.53. The molecule has 0 aromatic heterocycles. The minimum absolute atomic E-state index is 0.0313. The van der Waals surface area contributed by atoms with Crippen molar-refractivity contribution in [2.45, 2.75) is 57.1 Å². The molecule has 1 aliphatic carbocycles. The average molecular weight is 401 g/mol. The van der Waals surface area contributed by atoms with Crippen molar-refractivity contribution in [3.05, 3.63) is 29.8 Å². The lowest BCUT2D eigenvalue weighted by Gasteiger charge is -2.07. The van der Waals surface area contributed by atoms with E-state index in [4.69, 9.17) is 0 Å². The molecule has 0 spiro atoms. The fourth-order valence-corrected chi connectivity index (χ4v) is 4.03. The van der Waals surface area contributed by atoms with Gasteiger partial charge in [0.25, 0.3) is 0 Å². The zero-order valence-electron chi connectivity index (χ0n) is 15.9. The van der Waals surface area contributed by atoms with Gasteiger partial charge in [0.2, 0.25) is 11.8 Å². The van der Waals surface area contributed by atoms with Crippen LogP contribution in [0.15, 0.2) is 34.5 Å². The number of amidine groups is 1. The van der Waals surface area contributed by atoms with Crippen molar-refractivity contribution < 1.29 is 14.4 Å². The highest BCUT2D eigenvalue weighted by Gasteiger charge is 2.32. The Labute approximate surface area is 168 Å². The van der Waals surface area contributed by atoms with E-state index >= 15 is 0 Å². The zero-order chi connectivity index (χ0) is 19.9. The smallest absolute Gasteiger partial charge is 0.240 e. The molecule has 7 nitrogen and oxygen atoms in total. The Hall–Kier alpha value is -2.48. The van der Waals surface area contributed by atoms with Crippen LogP contribution in [0.2, 0.25) is 0 Å². The lowest BCUT2D eigenvalue weighted by molar-refractivity contribution is -0.122. The summed E-state index contributed by atoms with van der Waals surface area (Å²) in [6.45, 7) is 1.49. The van der Waals surface area contributed by atoms with Crippen LogP contribution in [-0.4, -0.2) is 33.7 Å². The molecule has 3 rings (SSSR count). The Morgan fingerprint density at radius 3 is 2.43 bits per heavy atom. The van der Waals surface area contributed by atoms with E-state index in [1.165, 1.54) is 31.5 Å². The van der Waals surface area contributed by atoms with Gasteiger partial charge in [-0.3, -0.25) is 14.4 Å². The molecule has 1 atom stereocenters. The number of carbonyl (C=O) groups excluding carboxylic acids is 3. The lowest BCUT2D eigenvalue weighted by Crippen LogP contribution is -2.28. The molecule has 2 amide bonds. The molecule has 148 valence electrons. The fraction of sp³-hybridized carbons (Fsp3) is 0.450. The lowest BCUT2D eigenvalue weighted by atomic mass is 10.1. The first-order valence-electron chi connectivity index (χ1n) is 9.53. The highest BCUT2D eigenvalue weighted by Crippen LogP contribution is 2.24. The summed E-state index contributed by atoms with van der Waals surface area (Å²) in [6.07, 6.45) is 6.71. The highest BCUT2D eigenvalue weighted by atomic mass is 32.2. The summed E-state index contributed by atoms with van der Waals surface area (Å²) in [6, 6.07) is 6.66. The van der Waals surface area contributed by atoms with Gasteiger partial charge in [0.1, 0.15) is 5.25 Å². The predicted molar refractivity (Wildman–Crippen MR) is 112 cm³/mol. The molecule has 2 N–H and O–H groups in total. The van der Waals surface area contributed by atoms with Crippen LogP contribution >= 0.6 is 11.8 Å². The van der Waals surface area contributed by atoms with Crippen LogP contribution in [0.3, 0.4) is 0 Å². The Kier molecular flexibility index (Phi) is 6.97. The quantitative estimate of drug-likeness (QED) is 0.449. The van der Waals surface area contributed by atoms with Crippen molar-refractivity contribution >= 4 is 45.9 Å². The number of thioether (sulfide) groups is 1. The van der Waals surface area contributed by atoms with Gasteiger partial charge in [-0.2, -0.15) is 5.10 Å². The highest BCUT2D eigenvalue weighted by molar-refractivity contribution is 8.15. The second kappa shape index (κ2) is 9.64. The number of ketones is 1. The van der Waals surface area contributed by atoms with Crippen LogP contribution in [0.5, 0.6) is 0 Å². The number of hydrogen-bond acceptors (Lipinski definition) is 6. The molecule has 2 fully saturated rings. The van der Waals surface area contributed by atoms with Crippen molar-refractivity contribution in [1.82, 2.24) is 5.32 Å². The van der Waals surface area contributed by atoms with Crippen LogP contribution in [0.4, 0.5) is 5.69 Å². The summed E-state index contributed by atoms with van der Waals surface area (Å²) in [4.78, 5) is 35.7. The van der Waals surface area contributed by atoms with Crippen molar-refractivity contribution in [2.24, 2.45) is 10.2 Å². The first kappa shape index (κ1) is 20.3. The molecule has 1 aromatic rings. The number of anilines is 1. The molecule has 28 heavy (non-hydrogen) atoms. The topological polar surface area (TPSA) is 100.0 Å². The zero-order valence-corrected chi connectivity index (χ0v) is 16.7. The number of Topliss-reactive ketones (excluding diaryl/α,β-unsaturated/α-hetero) is 1. The van der Waals surface area contributed by atoms with Gasteiger partial charge in [0, 0.05) is 23.4 Å². The van der Waals surface area contributed by atoms with E-state index in [1.807, 2.05) is 0 Å². The standard InChI is InChI=1S/C20H24N4O3S/c1-13(25)14-8-10-15(11-9-14)21-18(26)12-17-19(27)22-20(28-17)24-23-16-6-4-2-3-5-7-16/h8-11,17H,2-7,12H2,1H3,(H,21,26)(H,22,24,27)/t17-/m0/s1. The molecule has 1 aromatic carbocycles. The Bertz CT molecular complexity index is 807. The van der Waals surface area contributed by atoms with E-state index in [-0.39, 0.29) is 24.0 Å². The second-order valence-electron chi connectivity index (χ2n) is 6.97. The summed E-state index contributed by atoms with van der Waals surface area (Å²) in [7, 11) is 0. The Morgan fingerprint density at radius 2 is 1.79 bits per heavy atom. The second-order valence-corrected chi connectivity index (χ2v) is 8.16. The van der Waals surface area contributed by atoms with E-state index in [9.17, 15) is 14.4 Å². The van der Waals surface area contributed by atoms with Crippen LogP contribution < -0.4 is 10.6 Å². The van der Waals surface area contributed by atoms with E-state index in [0.717, 1.165) is 31.4 Å². The van der Waals surface area contributed by atoms with Gasteiger partial charge in [-0.05, 0) is 56.9 Å². The summed E-state index contributed by atoms with van der Waals surface area (Å²) in [5, 5.41) is 13.9. The maximum Gasteiger partial charge on any atom is 0.240 e. The summed E-state index contributed by atoms with van der Waals surface area (Å²) >= 11 is 1.23. The summed E-state index contributed by atoms with van der Waals surface area (Å²) in [5.41, 5.74) is 2.25. The van der Waals surface area contributed by atoms with Gasteiger partial charge < -0.3 is 10.6 Å².